The number of cyclic esters (lactones) is 1. The smallest absolute Gasteiger partial charge is 0.410 e. The minimum Gasteiger partial charge on any atom is -0.447 e. The van der Waals surface area contributed by atoms with Gasteiger partial charge in [0.15, 0.2) is 0 Å². The molecule has 2 aliphatic heterocycles. The molecule has 8 heteroatoms. The molecule has 2 fully saturated rings. The third-order valence-corrected chi connectivity index (χ3v) is 5.59. The number of carbonyl (C=O) groups excluding carboxylic acids is 3. The number of likely N-dealkylation sites (tertiary alicyclic amines) is 1. The summed E-state index contributed by atoms with van der Waals surface area (Å²) in [5, 5.41) is 4.49. The summed E-state index contributed by atoms with van der Waals surface area (Å²) < 4.78 is 5.17. The molecule has 0 spiro atoms. The van der Waals surface area contributed by atoms with Crippen molar-refractivity contribution < 1.29 is 19.1 Å². The molecule has 1 aromatic heterocycles. The molecule has 136 valence electrons. The van der Waals surface area contributed by atoms with Crippen LogP contribution >= 0.6 is 11.3 Å². The van der Waals surface area contributed by atoms with Crippen molar-refractivity contribution in [2.24, 2.45) is 0 Å². The van der Waals surface area contributed by atoms with Gasteiger partial charge in [0.2, 0.25) is 5.91 Å². The van der Waals surface area contributed by atoms with Crippen molar-refractivity contribution in [2.45, 2.75) is 38.3 Å². The third kappa shape index (κ3) is 3.78. The summed E-state index contributed by atoms with van der Waals surface area (Å²) in [6.07, 6.45) is 1.18. The van der Waals surface area contributed by atoms with Crippen LogP contribution < -0.4 is 5.32 Å². The molecule has 0 atom stereocenters. The number of rotatable bonds is 4. The van der Waals surface area contributed by atoms with E-state index in [9.17, 15) is 14.4 Å². The summed E-state index contributed by atoms with van der Waals surface area (Å²) in [4.78, 5) is 40.3. The molecule has 3 heterocycles. The van der Waals surface area contributed by atoms with Crippen molar-refractivity contribution in [3.05, 3.63) is 22.4 Å². The maximum absolute atomic E-state index is 12.3. The molecular formula is C17H23N3O4S. The number of ether oxygens (including phenoxy) is 1. The zero-order valence-corrected chi connectivity index (χ0v) is 15.3. The SMILES string of the molecule is CC1(C)COC(=O)N1C1CCN(C(=O)CNC(=O)c2cccs2)CC1. The molecule has 1 aromatic rings. The lowest BCUT2D eigenvalue weighted by atomic mass is 9.97. The molecule has 1 N–H and O–H groups in total. The van der Waals surface area contributed by atoms with Gasteiger partial charge < -0.3 is 15.0 Å². The van der Waals surface area contributed by atoms with Crippen LogP contribution in [0.2, 0.25) is 0 Å². The number of nitrogens with one attached hydrogen (secondary N) is 1. The predicted octanol–water partition coefficient (Wildman–Crippen LogP) is 1.70. The van der Waals surface area contributed by atoms with Gasteiger partial charge in [0, 0.05) is 19.1 Å². The Morgan fingerprint density at radius 1 is 1.36 bits per heavy atom. The quantitative estimate of drug-likeness (QED) is 0.881. The van der Waals surface area contributed by atoms with Crippen LogP contribution in [0, 0.1) is 0 Å². The fraction of sp³-hybridized carbons (Fsp3) is 0.588. The summed E-state index contributed by atoms with van der Waals surface area (Å²) in [6, 6.07) is 3.62. The molecule has 0 saturated carbocycles. The maximum atomic E-state index is 12.3. The van der Waals surface area contributed by atoms with Gasteiger partial charge in [-0.1, -0.05) is 6.07 Å². The molecular weight excluding hydrogens is 342 g/mol. The van der Waals surface area contributed by atoms with Crippen molar-refractivity contribution in [3.8, 4) is 0 Å². The number of thiophene rings is 1. The highest BCUT2D eigenvalue weighted by atomic mass is 32.1. The zero-order chi connectivity index (χ0) is 18.0. The number of hydrogen-bond donors (Lipinski definition) is 1. The molecule has 7 nitrogen and oxygen atoms in total. The first kappa shape index (κ1) is 17.7. The van der Waals surface area contributed by atoms with Crippen LogP contribution in [-0.2, 0) is 9.53 Å². The Kier molecular flexibility index (Phi) is 4.99. The van der Waals surface area contributed by atoms with E-state index in [2.05, 4.69) is 5.32 Å². The summed E-state index contributed by atoms with van der Waals surface area (Å²) in [7, 11) is 0. The molecule has 0 aliphatic carbocycles. The van der Waals surface area contributed by atoms with E-state index in [4.69, 9.17) is 4.74 Å². The summed E-state index contributed by atoms with van der Waals surface area (Å²) >= 11 is 1.35. The van der Waals surface area contributed by atoms with Gasteiger partial charge in [-0.15, -0.1) is 11.3 Å². The van der Waals surface area contributed by atoms with Gasteiger partial charge >= 0.3 is 6.09 Å². The number of hydrogen-bond acceptors (Lipinski definition) is 5. The molecule has 0 bridgehead atoms. The standard InChI is InChI=1S/C17H23N3O4S/c1-17(2)11-24-16(23)20(17)12-5-7-19(8-6-12)14(21)10-18-15(22)13-4-3-9-25-13/h3-4,9,12H,5-8,10-11H2,1-2H3,(H,18,22). The molecule has 2 aliphatic rings. The Morgan fingerprint density at radius 2 is 2.08 bits per heavy atom. The zero-order valence-electron chi connectivity index (χ0n) is 14.5. The van der Waals surface area contributed by atoms with Gasteiger partial charge in [0.1, 0.15) is 6.61 Å². The molecule has 25 heavy (non-hydrogen) atoms. The predicted molar refractivity (Wildman–Crippen MR) is 93.5 cm³/mol. The first-order chi connectivity index (χ1) is 11.9. The molecule has 0 unspecified atom stereocenters. The minimum atomic E-state index is -0.303. The topological polar surface area (TPSA) is 79.0 Å². The van der Waals surface area contributed by atoms with Crippen LogP contribution in [0.4, 0.5) is 4.79 Å². The monoisotopic (exact) mass is 365 g/mol. The molecule has 3 rings (SSSR count). The largest absolute Gasteiger partial charge is 0.447 e. The number of carbonyl (C=O) groups is 3. The second kappa shape index (κ2) is 7.03. The first-order valence-electron chi connectivity index (χ1n) is 8.44. The lowest BCUT2D eigenvalue weighted by molar-refractivity contribution is -0.131. The Bertz CT molecular complexity index is 651. The average molecular weight is 365 g/mol. The second-order valence-electron chi connectivity index (χ2n) is 7.01. The van der Waals surface area contributed by atoms with E-state index in [1.807, 2.05) is 24.1 Å². The minimum absolute atomic E-state index is 0.00134. The van der Waals surface area contributed by atoms with E-state index in [-0.39, 0.29) is 36.0 Å². The van der Waals surface area contributed by atoms with Crippen LogP contribution in [-0.4, -0.2) is 65.5 Å². The number of amides is 3. The van der Waals surface area contributed by atoms with Crippen molar-refractivity contribution >= 4 is 29.2 Å². The van der Waals surface area contributed by atoms with Gasteiger partial charge in [-0.25, -0.2) is 4.79 Å². The summed E-state index contributed by atoms with van der Waals surface area (Å²) in [5.41, 5.74) is -0.303. The highest BCUT2D eigenvalue weighted by Crippen LogP contribution is 2.30. The molecule has 0 radical (unpaired) electrons. The van der Waals surface area contributed by atoms with Crippen molar-refractivity contribution in [1.82, 2.24) is 15.1 Å². The van der Waals surface area contributed by atoms with Crippen LogP contribution in [0.5, 0.6) is 0 Å². The molecule has 3 amide bonds. The van der Waals surface area contributed by atoms with Gasteiger partial charge in [-0.3, -0.25) is 14.5 Å². The molecule has 2 saturated heterocycles. The normalized spacial score (nSPS) is 20.5. The van der Waals surface area contributed by atoms with E-state index in [1.54, 1.807) is 17.0 Å². The van der Waals surface area contributed by atoms with Crippen molar-refractivity contribution in [3.63, 3.8) is 0 Å². The Balaban J connectivity index is 1.48. The maximum Gasteiger partial charge on any atom is 0.410 e. The van der Waals surface area contributed by atoms with Crippen LogP contribution in [0.15, 0.2) is 17.5 Å². The number of nitrogens with zero attached hydrogens (tertiary/aromatic N) is 2. The fourth-order valence-electron chi connectivity index (χ4n) is 3.40. The number of piperidine rings is 1. The van der Waals surface area contributed by atoms with Crippen molar-refractivity contribution in [1.29, 1.82) is 0 Å². The Hall–Kier alpha value is -2.09. The van der Waals surface area contributed by atoms with E-state index in [0.29, 0.717) is 24.6 Å². The highest BCUT2D eigenvalue weighted by molar-refractivity contribution is 7.12. The van der Waals surface area contributed by atoms with Crippen LogP contribution in [0.1, 0.15) is 36.4 Å². The highest BCUT2D eigenvalue weighted by Gasteiger charge is 2.44. The molecule has 0 aromatic carbocycles. The van der Waals surface area contributed by atoms with E-state index < -0.39 is 0 Å². The average Bonchev–Trinajstić information content (AvgIpc) is 3.21. The lowest BCUT2D eigenvalue weighted by Crippen LogP contribution is -2.54. The van der Waals surface area contributed by atoms with Gasteiger partial charge in [-0.2, -0.15) is 0 Å². The van der Waals surface area contributed by atoms with Crippen LogP contribution in [0.25, 0.3) is 0 Å². The fourth-order valence-corrected chi connectivity index (χ4v) is 4.04. The van der Waals surface area contributed by atoms with E-state index >= 15 is 0 Å². The van der Waals surface area contributed by atoms with E-state index in [1.165, 1.54) is 11.3 Å². The van der Waals surface area contributed by atoms with Crippen molar-refractivity contribution in [2.75, 3.05) is 26.2 Å². The van der Waals surface area contributed by atoms with Gasteiger partial charge in [-0.05, 0) is 38.1 Å². The van der Waals surface area contributed by atoms with Gasteiger partial charge in [0.05, 0.1) is 17.0 Å². The second-order valence-corrected chi connectivity index (χ2v) is 7.96. The van der Waals surface area contributed by atoms with Crippen LogP contribution in [0.3, 0.4) is 0 Å². The Morgan fingerprint density at radius 3 is 2.64 bits per heavy atom. The van der Waals surface area contributed by atoms with Gasteiger partial charge in [0.25, 0.3) is 5.91 Å². The first-order valence-corrected chi connectivity index (χ1v) is 9.32. The lowest BCUT2D eigenvalue weighted by Gasteiger charge is -2.40. The van der Waals surface area contributed by atoms with E-state index in [0.717, 1.165) is 12.8 Å². The summed E-state index contributed by atoms with van der Waals surface area (Å²) in [6.45, 7) is 5.56. The summed E-state index contributed by atoms with van der Waals surface area (Å²) in [5.74, 6) is -0.314. The third-order valence-electron chi connectivity index (χ3n) is 4.73. The Labute approximate surface area is 150 Å².